The zero-order valence-electron chi connectivity index (χ0n) is 12.3. The van der Waals surface area contributed by atoms with E-state index in [-0.39, 0.29) is 0 Å². The van der Waals surface area contributed by atoms with Gasteiger partial charge in [0.05, 0.1) is 6.61 Å². The van der Waals surface area contributed by atoms with Gasteiger partial charge in [-0.2, -0.15) is 0 Å². The Morgan fingerprint density at radius 3 is 2.63 bits per heavy atom. The summed E-state index contributed by atoms with van der Waals surface area (Å²) in [5.41, 5.74) is 2.70. The van der Waals surface area contributed by atoms with E-state index in [2.05, 4.69) is 43.4 Å². The molecule has 0 saturated heterocycles. The molecule has 0 aromatic heterocycles. The van der Waals surface area contributed by atoms with Crippen LogP contribution in [0, 0.1) is 0 Å². The minimum Gasteiger partial charge on any atom is -0.377 e. The lowest BCUT2D eigenvalue weighted by atomic mass is 10.00. The number of hydrogen-bond acceptors (Lipinski definition) is 2. The van der Waals surface area contributed by atoms with Gasteiger partial charge in [-0.25, -0.2) is 0 Å². The van der Waals surface area contributed by atoms with Crippen molar-refractivity contribution < 1.29 is 4.74 Å². The van der Waals surface area contributed by atoms with Crippen LogP contribution in [0.15, 0.2) is 24.3 Å². The third kappa shape index (κ3) is 5.33. The van der Waals surface area contributed by atoms with Crippen molar-refractivity contribution in [3.05, 3.63) is 35.4 Å². The highest BCUT2D eigenvalue weighted by atomic mass is 16.5. The molecular weight excluding hydrogens is 234 g/mol. The lowest BCUT2D eigenvalue weighted by Gasteiger charge is -2.13. The molecule has 1 aliphatic carbocycles. The first-order valence-corrected chi connectivity index (χ1v) is 7.69. The first-order valence-electron chi connectivity index (χ1n) is 7.69. The van der Waals surface area contributed by atoms with E-state index in [4.69, 9.17) is 4.74 Å². The molecule has 1 N–H and O–H groups in total. The number of unbranched alkanes of at least 4 members (excludes halogenated alkanes) is 1. The van der Waals surface area contributed by atoms with E-state index < -0.39 is 0 Å². The molecule has 1 aromatic rings. The lowest BCUT2D eigenvalue weighted by Crippen LogP contribution is -2.21. The summed E-state index contributed by atoms with van der Waals surface area (Å²) in [6.45, 7) is 7.20. The standard InChI is InChI=1S/C17H27NO/c1-3-4-11-19-13-15-5-7-16(8-6-15)14(2)12-18-17-9-10-17/h5-8,14,17-18H,3-4,9-13H2,1-2H3. The number of ether oxygens (including phenoxy) is 1. The van der Waals surface area contributed by atoms with Crippen LogP contribution in [0.2, 0.25) is 0 Å². The molecule has 106 valence electrons. The molecule has 2 rings (SSSR count). The summed E-state index contributed by atoms with van der Waals surface area (Å²) in [6, 6.07) is 9.70. The molecule has 1 aliphatic rings. The van der Waals surface area contributed by atoms with Crippen LogP contribution in [-0.2, 0) is 11.3 Å². The second-order valence-corrected chi connectivity index (χ2v) is 5.73. The minimum atomic E-state index is 0.593. The van der Waals surface area contributed by atoms with Gasteiger partial charge >= 0.3 is 0 Å². The maximum atomic E-state index is 5.64. The highest BCUT2D eigenvalue weighted by Gasteiger charge is 2.21. The molecule has 0 amide bonds. The Labute approximate surface area is 117 Å². The van der Waals surface area contributed by atoms with Crippen LogP contribution in [0.4, 0.5) is 0 Å². The maximum Gasteiger partial charge on any atom is 0.0716 e. The van der Waals surface area contributed by atoms with Crippen LogP contribution in [0.3, 0.4) is 0 Å². The van der Waals surface area contributed by atoms with Crippen molar-refractivity contribution in [3.63, 3.8) is 0 Å². The van der Waals surface area contributed by atoms with Crippen LogP contribution in [0.5, 0.6) is 0 Å². The molecule has 19 heavy (non-hydrogen) atoms. The molecule has 0 bridgehead atoms. The predicted octanol–water partition coefficient (Wildman–Crippen LogP) is 3.86. The Morgan fingerprint density at radius 1 is 1.26 bits per heavy atom. The van der Waals surface area contributed by atoms with Crippen molar-refractivity contribution in [2.75, 3.05) is 13.2 Å². The second kappa shape index (κ2) is 7.66. The van der Waals surface area contributed by atoms with E-state index >= 15 is 0 Å². The monoisotopic (exact) mass is 261 g/mol. The maximum absolute atomic E-state index is 5.64. The summed E-state index contributed by atoms with van der Waals surface area (Å²) in [5, 5.41) is 3.59. The third-order valence-corrected chi connectivity index (χ3v) is 3.75. The van der Waals surface area contributed by atoms with Gasteiger partial charge in [-0.05, 0) is 36.3 Å². The van der Waals surface area contributed by atoms with E-state index in [1.807, 2.05) is 0 Å². The van der Waals surface area contributed by atoms with Crippen molar-refractivity contribution in [2.24, 2.45) is 0 Å². The van der Waals surface area contributed by atoms with Gasteiger partial charge in [-0.15, -0.1) is 0 Å². The molecule has 0 spiro atoms. The van der Waals surface area contributed by atoms with E-state index in [9.17, 15) is 0 Å². The van der Waals surface area contributed by atoms with Gasteiger partial charge in [0.2, 0.25) is 0 Å². The van der Waals surface area contributed by atoms with E-state index in [1.165, 1.54) is 30.4 Å². The predicted molar refractivity (Wildman–Crippen MR) is 80.4 cm³/mol. The summed E-state index contributed by atoms with van der Waals surface area (Å²) < 4.78 is 5.64. The fraction of sp³-hybridized carbons (Fsp3) is 0.647. The molecule has 0 radical (unpaired) electrons. The van der Waals surface area contributed by atoms with Crippen molar-refractivity contribution >= 4 is 0 Å². The SMILES string of the molecule is CCCCOCc1ccc(C(C)CNC2CC2)cc1. The topological polar surface area (TPSA) is 21.3 Å². The molecular formula is C17H27NO. The van der Waals surface area contributed by atoms with Gasteiger partial charge in [0, 0.05) is 19.2 Å². The van der Waals surface area contributed by atoms with Gasteiger partial charge < -0.3 is 10.1 Å². The Bertz CT molecular complexity index is 356. The van der Waals surface area contributed by atoms with E-state index in [1.54, 1.807) is 0 Å². The molecule has 1 unspecified atom stereocenters. The van der Waals surface area contributed by atoms with Gasteiger partial charge in [-0.3, -0.25) is 0 Å². The molecule has 1 aromatic carbocycles. The van der Waals surface area contributed by atoms with Gasteiger partial charge in [0.25, 0.3) is 0 Å². The summed E-state index contributed by atoms with van der Waals surface area (Å²) in [4.78, 5) is 0. The second-order valence-electron chi connectivity index (χ2n) is 5.73. The fourth-order valence-corrected chi connectivity index (χ4v) is 2.13. The van der Waals surface area contributed by atoms with Crippen LogP contribution >= 0.6 is 0 Å². The third-order valence-electron chi connectivity index (χ3n) is 3.75. The smallest absolute Gasteiger partial charge is 0.0716 e. The van der Waals surface area contributed by atoms with Crippen molar-refractivity contribution in [1.29, 1.82) is 0 Å². The van der Waals surface area contributed by atoms with Crippen LogP contribution in [0.25, 0.3) is 0 Å². The van der Waals surface area contributed by atoms with Gasteiger partial charge in [-0.1, -0.05) is 44.5 Å². The molecule has 0 heterocycles. The zero-order valence-corrected chi connectivity index (χ0v) is 12.3. The zero-order chi connectivity index (χ0) is 13.5. The lowest BCUT2D eigenvalue weighted by molar-refractivity contribution is 0.118. The minimum absolute atomic E-state index is 0.593. The van der Waals surface area contributed by atoms with Crippen LogP contribution in [0.1, 0.15) is 56.6 Å². The van der Waals surface area contributed by atoms with Crippen LogP contribution in [-0.4, -0.2) is 19.2 Å². The van der Waals surface area contributed by atoms with Crippen LogP contribution < -0.4 is 5.32 Å². The number of hydrogen-bond donors (Lipinski definition) is 1. The quantitative estimate of drug-likeness (QED) is 0.682. The first kappa shape index (κ1) is 14.5. The Morgan fingerprint density at radius 2 is 2.00 bits per heavy atom. The average molecular weight is 261 g/mol. The molecule has 0 aliphatic heterocycles. The highest BCUT2D eigenvalue weighted by molar-refractivity contribution is 5.25. The molecule has 1 fully saturated rings. The first-order chi connectivity index (χ1) is 9.29. The fourth-order valence-electron chi connectivity index (χ4n) is 2.13. The summed E-state index contributed by atoms with van der Waals surface area (Å²) in [7, 11) is 0. The number of rotatable bonds is 9. The van der Waals surface area contributed by atoms with Gasteiger partial charge in [0.1, 0.15) is 0 Å². The molecule has 1 atom stereocenters. The molecule has 1 saturated carbocycles. The molecule has 2 nitrogen and oxygen atoms in total. The van der Waals surface area contributed by atoms with Crippen molar-refractivity contribution in [1.82, 2.24) is 5.32 Å². The largest absolute Gasteiger partial charge is 0.377 e. The Hall–Kier alpha value is -0.860. The normalized spacial score (nSPS) is 16.5. The summed E-state index contributed by atoms with van der Waals surface area (Å²) in [6.07, 6.45) is 5.08. The van der Waals surface area contributed by atoms with Crippen molar-refractivity contribution in [3.8, 4) is 0 Å². The molecule has 2 heteroatoms. The summed E-state index contributed by atoms with van der Waals surface area (Å²) >= 11 is 0. The van der Waals surface area contributed by atoms with Gasteiger partial charge in [0.15, 0.2) is 0 Å². The highest BCUT2D eigenvalue weighted by Crippen LogP contribution is 2.21. The summed E-state index contributed by atoms with van der Waals surface area (Å²) in [5.74, 6) is 0.593. The Kier molecular flexibility index (Phi) is 5.87. The average Bonchev–Trinajstić information content (AvgIpc) is 3.26. The Balaban J connectivity index is 1.72. The number of benzene rings is 1. The van der Waals surface area contributed by atoms with E-state index in [0.29, 0.717) is 5.92 Å². The number of nitrogens with one attached hydrogen (secondary N) is 1. The van der Waals surface area contributed by atoms with E-state index in [0.717, 1.165) is 32.2 Å². The van der Waals surface area contributed by atoms with Crippen molar-refractivity contribution in [2.45, 2.75) is 58.1 Å².